The summed E-state index contributed by atoms with van der Waals surface area (Å²) in [6.45, 7) is 0. The van der Waals surface area contributed by atoms with Gasteiger partial charge in [0.15, 0.2) is 0 Å². The number of hydrogen-bond acceptors (Lipinski definition) is 2. The zero-order chi connectivity index (χ0) is 11.4. The van der Waals surface area contributed by atoms with Gasteiger partial charge in [-0.2, -0.15) is 5.26 Å². The molecule has 0 aromatic carbocycles. The lowest BCUT2D eigenvalue weighted by atomic mass is 9.69. The van der Waals surface area contributed by atoms with Crippen LogP contribution in [-0.2, 0) is 0 Å². The number of nitrogens with zero attached hydrogens (tertiary/aromatic N) is 1. The summed E-state index contributed by atoms with van der Waals surface area (Å²) in [5, 5.41) is 12.5. The van der Waals surface area contributed by atoms with E-state index in [2.05, 4.69) is 11.4 Å². The van der Waals surface area contributed by atoms with Crippen LogP contribution in [0, 0.1) is 23.2 Å². The van der Waals surface area contributed by atoms with Crippen LogP contribution in [0.5, 0.6) is 0 Å². The highest BCUT2D eigenvalue weighted by Gasteiger charge is 2.36. The smallest absolute Gasteiger partial charge is 0.106 e. The van der Waals surface area contributed by atoms with E-state index in [1.54, 1.807) is 0 Å². The molecule has 0 spiro atoms. The largest absolute Gasteiger partial charge is 0.302 e. The van der Waals surface area contributed by atoms with Gasteiger partial charge in [-0.1, -0.05) is 32.1 Å². The van der Waals surface area contributed by atoms with Gasteiger partial charge in [-0.25, -0.2) is 0 Å². The SMILES string of the molecule is CNC1(C#N)CCC(C2CCCCC2)CC1. The molecule has 16 heavy (non-hydrogen) atoms. The molecule has 2 nitrogen and oxygen atoms in total. The molecule has 0 aromatic rings. The van der Waals surface area contributed by atoms with Gasteiger partial charge in [-0.05, 0) is 44.6 Å². The van der Waals surface area contributed by atoms with Gasteiger partial charge in [0.05, 0.1) is 6.07 Å². The molecule has 0 radical (unpaired) electrons. The summed E-state index contributed by atoms with van der Waals surface area (Å²) in [7, 11) is 1.93. The number of nitrogens with one attached hydrogen (secondary N) is 1. The number of hydrogen-bond donors (Lipinski definition) is 1. The Morgan fingerprint density at radius 2 is 1.56 bits per heavy atom. The Morgan fingerprint density at radius 3 is 2.06 bits per heavy atom. The Bertz CT molecular complexity index is 252. The third-order valence-corrected chi connectivity index (χ3v) is 4.89. The molecule has 2 fully saturated rings. The summed E-state index contributed by atoms with van der Waals surface area (Å²) in [5.41, 5.74) is -0.203. The van der Waals surface area contributed by atoms with Crippen molar-refractivity contribution < 1.29 is 0 Å². The molecule has 0 amide bonds. The second-order valence-corrected chi connectivity index (χ2v) is 5.68. The van der Waals surface area contributed by atoms with Crippen molar-refractivity contribution in [3.63, 3.8) is 0 Å². The Kier molecular flexibility index (Phi) is 3.86. The first-order valence-electron chi connectivity index (χ1n) is 6.90. The van der Waals surface area contributed by atoms with Crippen LogP contribution < -0.4 is 5.32 Å². The van der Waals surface area contributed by atoms with E-state index >= 15 is 0 Å². The third kappa shape index (κ3) is 2.40. The van der Waals surface area contributed by atoms with E-state index in [4.69, 9.17) is 0 Å². The molecule has 0 aliphatic heterocycles. The lowest BCUT2D eigenvalue weighted by Crippen LogP contribution is -2.45. The van der Waals surface area contributed by atoms with Crippen LogP contribution in [0.1, 0.15) is 57.8 Å². The molecule has 2 aliphatic carbocycles. The molecule has 2 heteroatoms. The average Bonchev–Trinajstić information content (AvgIpc) is 2.40. The monoisotopic (exact) mass is 220 g/mol. The first kappa shape index (κ1) is 11.9. The molecular formula is C14H24N2. The van der Waals surface area contributed by atoms with Crippen molar-refractivity contribution in [1.82, 2.24) is 5.32 Å². The van der Waals surface area contributed by atoms with E-state index in [0.717, 1.165) is 24.7 Å². The van der Waals surface area contributed by atoms with Crippen molar-refractivity contribution >= 4 is 0 Å². The molecule has 0 unspecified atom stereocenters. The van der Waals surface area contributed by atoms with Crippen LogP contribution in [0.2, 0.25) is 0 Å². The quantitative estimate of drug-likeness (QED) is 0.775. The lowest BCUT2D eigenvalue weighted by Gasteiger charge is -2.39. The van der Waals surface area contributed by atoms with E-state index in [1.165, 1.54) is 44.9 Å². The van der Waals surface area contributed by atoms with Crippen LogP contribution in [0.4, 0.5) is 0 Å². The van der Waals surface area contributed by atoms with Gasteiger partial charge in [-0.3, -0.25) is 0 Å². The van der Waals surface area contributed by atoms with Crippen LogP contribution in [0.25, 0.3) is 0 Å². The Balaban J connectivity index is 1.87. The first-order chi connectivity index (χ1) is 7.79. The van der Waals surface area contributed by atoms with Crippen molar-refractivity contribution in [2.24, 2.45) is 11.8 Å². The van der Waals surface area contributed by atoms with Crippen LogP contribution >= 0.6 is 0 Å². The fourth-order valence-electron chi connectivity index (χ4n) is 3.63. The van der Waals surface area contributed by atoms with Gasteiger partial charge >= 0.3 is 0 Å². The summed E-state index contributed by atoms with van der Waals surface area (Å²) in [6, 6.07) is 2.48. The predicted octanol–water partition coefficient (Wildman–Crippen LogP) is 3.24. The molecule has 0 saturated heterocycles. The van der Waals surface area contributed by atoms with Crippen LogP contribution in [-0.4, -0.2) is 12.6 Å². The summed E-state index contributed by atoms with van der Waals surface area (Å²) in [6.07, 6.45) is 11.9. The Morgan fingerprint density at radius 1 is 1.00 bits per heavy atom. The molecule has 0 aromatic heterocycles. The number of rotatable bonds is 2. The maximum Gasteiger partial charge on any atom is 0.106 e. The fourth-order valence-corrected chi connectivity index (χ4v) is 3.63. The average molecular weight is 220 g/mol. The van der Waals surface area contributed by atoms with Gasteiger partial charge < -0.3 is 5.32 Å². The highest BCUT2D eigenvalue weighted by Crippen LogP contribution is 2.40. The molecule has 90 valence electrons. The van der Waals surface area contributed by atoms with Crippen LogP contribution in [0.3, 0.4) is 0 Å². The van der Waals surface area contributed by atoms with E-state index in [9.17, 15) is 5.26 Å². The van der Waals surface area contributed by atoms with Gasteiger partial charge in [-0.15, -0.1) is 0 Å². The maximum absolute atomic E-state index is 9.23. The molecular weight excluding hydrogens is 196 g/mol. The van der Waals surface area contributed by atoms with Crippen molar-refractivity contribution in [3.8, 4) is 6.07 Å². The summed E-state index contributed by atoms with van der Waals surface area (Å²) in [4.78, 5) is 0. The normalized spacial score (nSPS) is 36.9. The highest BCUT2D eigenvalue weighted by molar-refractivity contribution is 5.08. The minimum absolute atomic E-state index is 0.203. The van der Waals surface area contributed by atoms with Gasteiger partial charge in [0.1, 0.15) is 5.54 Å². The third-order valence-electron chi connectivity index (χ3n) is 4.89. The zero-order valence-electron chi connectivity index (χ0n) is 10.5. The van der Waals surface area contributed by atoms with Gasteiger partial charge in [0.25, 0.3) is 0 Å². The summed E-state index contributed by atoms with van der Waals surface area (Å²) < 4.78 is 0. The van der Waals surface area contributed by atoms with E-state index < -0.39 is 0 Å². The number of nitriles is 1. The topological polar surface area (TPSA) is 35.8 Å². The molecule has 2 saturated carbocycles. The lowest BCUT2D eigenvalue weighted by molar-refractivity contribution is 0.158. The fraction of sp³-hybridized carbons (Fsp3) is 0.929. The maximum atomic E-state index is 9.23. The molecule has 2 rings (SSSR count). The summed E-state index contributed by atoms with van der Waals surface area (Å²) in [5.74, 6) is 1.89. The molecule has 2 aliphatic rings. The van der Waals surface area contributed by atoms with E-state index in [1.807, 2.05) is 7.05 Å². The molecule has 0 heterocycles. The minimum atomic E-state index is -0.203. The van der Waals surface area contributed by atoms with Gasteiger partial charge in [0, 0.05) is 0 Å². The standard InChI is InChI=1S/C14H24N2/c1-16-14(11-15)9-7-13(8-10-14)12-5-3-2-4-6-12/h12-13,16H,2-10H2,1H3. The minimum Gasteiger partial charge on any atom is -0.302 e. The van der Waals surface area contributed by atoms with E-state index in [-0.39, 0.29) is 5.54 Å². The first-order valence-corrected chi connectivity index (χ1v) is 6.90. The van der Waals surface area contributed by atoms with Crippen molar-refractivity contribution in [1.29, 1.82) is 5.26 Å². The van der Waals surface area contributed by atoms with Crippen molar-refractivity contribution in [2.75, 3.05) is 7.05 Å². The second kappa shape index (κ2) is 5.19. The van der Waals surface area contributed by atoms with E-state index in [0.29, 0.717) is 0 Å². The molecule has 0 bridgehead atoms. The molecule has 0 atom stereocenters. The highest BCUT2D eigenvalue weighted by atomic mass is 14.9. The van der Waals surface area contributed by atoms with Crippen molar-refractivity contribution in [2.45, 2.75) is 63.3 Å². The second-order valence-electron chi connectivity index (χ2n) is 5.68. The van der Waals surface area contributed by atoms with Crippen LogP contribution in [0.15, 0.2) is 0 Å². The predicted molar refractivity (Wildman–Crippen MR) is 65.9 cm³/mol. The van der Waals surface area contributed by atoms with Crippen molar-refractivity contribution in [3.05, 3.63) is 0 Å². The zero-order valence-corrected chi connectivity index (χ0v) is 10.5. The van der Waals surface area contributed by atoms with Gasteiger partial charge in [0.2, 0.25) is 0 Å². The Labute approximate surface area is 99.4 Å². The molecule has 1 N–H and O–H groups in total. The Hall–Kier alpha value is -0.550. The summed E-state index contributed by atoms with van der Waals surface area (Å²) >= 11 is 0.